The Bertz CT molecular complexity index is 930. The normalized spacial score (nSPS) is 19.2. The average Bonchev–Trinajstić information content (AvgIpc) is 2.76. The number of aromatic nitrogens is 3. The maximum Gasteiger partial charge on any atom is 0.418 e. The molecule has 1 aliphatic carbocycles. The first-order valence-corrected chi connectivity index (χ1v) is 10.6. The van der Waals surface area contributed by atoms with Crippen molar-refractivity contribution in [2.45, 2.75) is 69.5 Å². The van der Waals surface area contributed by atoms with E-state index in [0.29, 0.717) is 18.8 Å². The van der Waals surface area contributed by atoms with E-state index in [1.54, 1.807) is 0 Å². The Morgan fingerprint density at radius 3 is 2.50 bits per heavy atom. The fourth-order valence-electron chi connectivity index (χ4n) is 4.55. The molecule has 30 heavy (non-hydrogen) atoms. The highest BCUT2D eigenvalue weighted by Gasteiger charge is 2.34. The minimum absolute atomic E-state index is 0.143. The van der Waals surface area contributed by atoms with E-state index in [4.69, 9.17) is 4.74 Å². The zero-order valence-corrected chi connectivity index (χ0v) is 16.8. The zero-order valence-electron chi connectivity index (χ0n) is 16.8. The third-order valence-electron chi connectivity index (χ3n) is 6.20. The lowest BCUT2D eigenvalue weighted by Gasteiger charge is -2.26. The summed E-state index contributed by atoms with van der Waals surface area (Å²) in [5.74, 6) is 0.295. The SMILES string of the molecule is O=c1c(C2CCCCC2)cc(C2CCOCC2)nn1Cc1ncccc1C(F)(F)F. The first-order valence-electron chi connectivity index (χ1n) is 10.6. The number of hydrogen-bond donors (Lipinski definition) is 0. The number of ether oxygens (including phenoxy) is 1. The van der Waals surface area contributed by atoms with Gasteiger partial charge in [0.15, 0.2) is 0 Å². The van der Waals surface area contributed by atoms with Crippen LogP contribution in [0.4, 0.5) is 13.2 Å². The number of rotatable bonds is 4. The van der Waals surface area contributed by atoms with Gasteiger partial charge in [-0.2, -0.15) is 18.3 Å². The summed E-state index contributed by atoms with van der Waals surface area (Å²) in [5, 5.41) is 4.51. The highest BCUT2D eigenvalue weighted by molar-refractivity contribution is 5.25. The van der Waals surface area contributed by atoms with Crippen LogP contribution in [0.3, 0.4) is 0 Å². The zero-order chi connectivity index (χ0) is 21.1. The lowest BCUT2D eigenvalue weighted by Crippen LogP contribution is -2.32. The molecular weight excluding hydrogens is 395 g/mol. The van der Waals surface area contributed by atoms with Gasteiger partial charge < -0.3 is 4.74 Å². The van der Waals surface area contributed by atoms with Crippen molar-refractivity contribution in [3.8, 4) is 0 Å². The Labute approximate surface area is 173 Å². The Morgan fingerprint density at radius 1 is 1.07 bits per heavy atom. The summed E-state index contributed by atoms with van der Waals surface area (Å²) < 4.78 is 46.9. The largest absolute Gasteiger partial charge is 0.418 e. The summed E-state index contributed by atoms with van der Waals surface area (Å²) >= 11 is 0. The van der Waals surface area contributed by atoms with Gasteiger partial charge >= 0.3 is 6.18 Å². The van der Waals surface area contributed by atoms with Gasteiger partial charge in [-0.1, -0.05) is 19.3 Å². The van der Waals surface area contributed by atoms with Crippen molar-refractivity contribution >= 4 is 0 Å². The Hall–Kier alpha value is -2.22. The molecule has 1 saturated carbocycles. The van der Waals surface area contributed by atoms with Gasteiger partial charge in [-0.15, -0.1) is 0 Å². The van der Waals surface area contributed by atoms with Gasteiger partial charge in [0, 0.05) is 30.9 Å². The molecule has 0 spiro atoms. The molecule has 162 valence electrons. The van der Waals surface area contributed by atoms with Crippen molar-refractivity contribution in [1.29, 1.82) is 0 Å². The van der Waals surface area contributed by atoms with E-state index in [0.717, 1.165) is 56.7 Å². The van der Waals surface area contributed by atoms with Crippen LogP contribution in [-0.2, 0) is 17.5 Å². The van der Waals surface area contributed by atoms with E-state index in [2.05, 4.69) is 10.1 Å². The molecule has 5 nitrogen and oxygen atoms in total. The molecule has 0 atom stereocenters. The molecule has 0 amide bonds. The molecule has 3 heterocycles. The number of hydrogen-bond acceptors (Lipinski definition) is 4. The molecule has 2 fully saturated rings. The van der Waals surface area contributed by atoms with Crippen LogP contribution in [-0.4, -0.2) is 28.0 Å². The van der Waals surface area contributed by atoms with Gasteiger partial charge in [0.1, 0.15) is 0 Å². The smallest absolute Gasteiger partial charge is 0.381 e. The number of halogens is 3. The fraction of sp³-hybridized carbons (Fsp3) is 0.591. The van der Waals surface area contributed by atoms with Crippen molar-refractivity contribution < 1.29 is 17.9 Å². The van der Waals surface area contributed by atoms with E-state index in [1.165, 1.54) is 16.9 Å². The van der Waals surface area contributed by atoms with Gasteiger partial charge in [-0.3, -0.25) is 9.78 Å². The second-order valence-corrected chi connectivity index (χ2v) is 8.20. The van der Waals surface area contributed by atoms with Gasteiger partial charge in [0.05, 0.1) is 23.5 Å². The average molecular weight is 421 g/mol. The standard InChI is InChI=1S/C22H26F3N3O2/c23-22(24,25)18-7-4-10-26-20(18)14-28-21(29)17(15-5-2-1-3-6-15)13-19(27-28)16-8-11-30-12-9-16/h4,7,10,13,15-16H,1-3,5-6,8-9,11-12,14H2. The fourth-order valence-corrected chi connectivity index (χ4v) is 4.55. The first kappa shape index (κ1) is 21.0. The van der Waals surface area contributed by atoms with Crippen molar-refractivity contribution in [2.75, 3.05) is 13.2 Å². The van der Waals surface area contributed by atoms with Crippen LogP contribution in [0.1, 0.15) is 79.3 Å². The molecule has 0 N–H and O–H groups in total. The maximum absolute atomic E-state index is 13.4. The summed E-state index contributed by atoms with van der Waals surface area (Å²) in [6, 6.07) is 4.17. The van der Waals surface area contributed by atoms with Crippen LogP contribution >= 0.6 is 0 Å². The van der Waals surface area contributed by atoms with Gasteiger partial charge in [-0.25, -0.2) is 4.68 Å². The van der Waals surface area contributed by atoms with Crippen LogP contribution in [0, 0.1) is 0 Å². The molecule has 0 unspecified atom stereocenters. The summed E-state index contributed by atoms with van der Waals surface area (Å²) in [6.07, 6.45) is 3.55. The van der Waals surface area contributed by atoms with Gasteiger partial charge in [0.2, 0.25) is 0 Å². The quantitative estimate of drug-likeness (QED) is 0.721. The van der Waals surface area contributed by atoms with Crippen LogP contribution in [0.25, 0.3) is 0 Å². The predicted molar refractivity (Wildman–Crippen MR) is 105 cm³/mol. The lowest BCUT2D eigenvalue weighted by atomic mass is 9.83. The van der Waals surface area contributed by atoms with Crippen molar-refractivity contribution in [1.82, 2.24) is 14.8 Å². The Kier molecular flexibility index (Phi) is 6.22. The monoisotopic (exact) mass is 421 g/mol. The molecule has 0 radical (unpaired) electrons. The summed E-state index contributed by atoms with van der Waals surface area (Å²) in [6.45, 7) is 0.969. The molecule has 1 saturated heterocycles. The second kappa shape index (κ2) is 8.88. The highest BCUT2D eigenvalue weighted by atomic mass is 19.4. The minimum atomic E-state index is -4.53. The molecule has 2 aromatic heterocycles. The Morgan fingerprint density at radius 2 is 1.80 bits per heavy atom. The third kappa shape index (κ3) is 4.58. The van der Waals surface area contributed by atoms with Crippen LogP contribution in [0.5, 0.6) is 0 Å². The van der Waals surface area contributed by atoms with E-state index in [1.807, 2.05) is 6.07 Å². The second-order valence-electron chi connectivity index (χ2n) is 8.20. The van der Waals surface area contributed by atoms with E-state index >= 15 is 0 Å². The number of alkyl halides is 3. The lowest BCUT2D eigenvalue weighted by molar-refractivity contribution is -0.138. The van der Waals surface area contributed by atoms with Crippen LogP contribution in [0.15, 0.2) is 29.2 Å². The molecular formula is C22H26F3N3O2. The summed E-state index contributed by atoms with van der Waals surface area (Å²) in [7, 11) is 0. The van der Waals surface area contributed by atoms with E-state index in [9.17, 15) is 18.0 Å². The minimum Gasteiger partial charge on any atom is -0.381 e. The van der Waals surface area contributed by atoms with Gasteiger partial charge in [0.25, 0.3) is 5.56 Å². The van der Waals surface area contributed by atoms with Gasteiger partial charge in [-0.05, 0) is 49.8 Å². The first-order chi connectivity index (χ1) is 14.4. The maximum atomic E-state index is 13.4. The number of pyridine rings is 1. The molecule has 2 aliphatic rings. The summed E-state index contributed by atoms with van der Waals surface area (Å²) in [5.41, 5.74) is 0.169. The summed E-state index contributed by atoms with van der Waals surface area (Å²) in [4.78, 5) is 17.2. The molecule has 2 aromatic rings. The molecule has 1 aliphatic heterocycles. The Balaban J connectivity index is 1.76. The van der Waals surface area contributed by atoms with Crippen molar-refractivity contribution in [2.24, 2.45) is 0 Å². The van der Waals surface area contributed by atoms with Crippen molar-refractivity contribution in [3.63, 3.8) is 0 Å². The molecule has 0 bridgehead atoms. The van der Waals surface area contributed by atoms with E-state index in [-0.39, 0.29) is 29.6 Å². The predicted octanol–water partition coefficient (Wildman–Crippen LogP) is 4.65. The van der Waals surface area contributed by atoms with Crippen molar-refractivity contribution in [3.05, 3.63) is 57.3 Å². The molecule has 0 aromatic carbocycles. The topological polar surface area (TPSA) is 57.0 Å². The van der Waals surface area contributed by atoms with Crippen LogP contribution in [0.2, 0.25) is 0 Å². The third-order valence-corrected chi connectivity index (χ3v) is 6.20. The van der Waals surface area contributed by atoms with Crippen LogP contribution < -0.4 is 5.56 Å². The highest BCUT2D eigenvalue weighted by Crippen LogP contribution is 2.34. The molecule has 4 rings (SSSR count). The number of nitrogens with zero attached hydrogens (tertiary/aromatic N) is 3. The molecule has 8 heteroatoms. The van der Waals surface area contributed by atoms with E-state index < -0.39 is 11.7 Å².